The molecule has 0 saturated heterocycles. The highest BCUT2D eigenvalue weighted by Gasteiger charge is 2.06. The van der Waals surface area contributed by atoms with Crippen LogP contribution >= 0.6 is 27.5 Å². The van der Waals surface area contributed by atoms with Crippen molar-refractivity contribution in [2.45, 2.75) is 0 Å². The van der Waals surface area contributed by atoms with E-state index >= 15 is 0 Å². The lowest BCUT2D eigenvalue weighted by atomic mass is 10.2. The van der Waals surface area contributed by atoms with Gasteiger partial charge in [-0.25, -0.2) is 5.10 Å². The fourth-order valence-corrected chi connectivity index (χ4v) is 1.83. The number of tetrazole rings is 1. The maximum absolute atomic E-state index is 5.79. The zero-order chi connectivity index (χ0) is 9.26. The zero-order valence-electron chi connectivity index (χ0n) is 6.33. The molecular weight excluding hydrogens is 255 g/mol. The summed E-state index contributed by atoms with van der Waals surface area (Å²) in [5.74, 6) is 0.614. The molecule has 0 aliphatic carbocycles. The SMILES string of the molecule is Clc1ccc(-c2nnn[nH]2)c(Br)c1. The third-order valence-electron chi connectivity index (χ3n) is 1.53. The molecule has 0 aliphatic heterocycles. The van der Waals surface area contributed by atoms with Gasteiger partial charge in [0.2, 0.25) is 0 Å². The summed E-state index contributed by atoms with van der Waals surface area (Å²) in [6.45, 7) is 0. The van der Waals surface area contributed by atoms with Crippen LogP contribution in [0.4, 0.5) is 0 Å². The standard InChI is InChI=1S/C7H4BrClN4/c8-6-3-4(9)1-2-5(6)7-10-12-13-11-7/h1-3H,(H,10,11,12,13). The highest BCUT2D eigenvalue weighted by Crippen LogP contribution is 2.27. The molecule has 1 heterocycles. The molecule has 1 aromatic carbocycles. The fraction of sp³-hybridized carbons (Fsp3) is 0. The second-order valence-electron chi connectivity index (χ2n) is 2.37. The summed E-state index contributed by atoms with van der Waals surface area (Å²) < 4.78 is 0.860. The summed E-state index contributed by atoms with van der Waals surface area (Å²) in [5.41, 5.74) is 0.884. The summed E-state index contributed by atoms with van der Waals surface area (Å²) >= 11 is 9.15. The molecule has 0 spiro atoms. The molecule has 0 atom stereocenters. The number of hydrogen-bond acceptors (Lipinski definition) is 3. The van der Waals surface area contributed by atoms with Crippen LogP contribution in [0.25, 0.3) is 11.4 Å². The number of hydrogen-bond donors (Lipinski definition) is 1. The highest BCUT2D eigenvalue weighted by molar-refractivity contribution is 9.10. The first-order chi connectivity index (χ1) is 6.27. The molecule has 0 saturated carbocycles. The maximum Gasteiger partial charge on any atom is 0.180 e. The van der Waals surface area contributed by atoms with E-state index in [2.05, 4.69) is 36.6 Å². The van der Waals surface area contributed by atoms with Crippen molar-refractivity contribution in [2.24, 2.45) is 0 Å². The van der Waals surface area contributed by atoms with Crippen LogP contribution in [0.1, 0.15) is 0 Å². The van der Waals surface area contributed by atoms with Gasteiger partial charge in [-0.1, -0.05) is 11.6 Å². The van der Waals surface area contributed by atoms with Gasteiger partial charge in [-0.2, -0.15) is 0 Å². The summed E-state index contributed by atoms with van der Waals surface area (Å²) in [6, 6.07) is 5.41. The Balaban J connectivity index is 2.53. The predicted molar refractivity (Wildman–Crippen MR) is 52.3 cm³/mol. The molecule has 1 aromatic heterocycles. The lowest BCUT2D eigenvalue weighted by molar-refractivity contribution is 0.881. The van der Waals surface area contributed by atoms with Crippen molar-refractivity contribution >= 4 is 27.5 Å². The minimum atomic E-state index is 0.614. The average Bonchev–Trinajstić information content (AvgIpc) is 2.56. The monoisotopic (exact) mass is 258 g/mol. The number of H-pyrrole nitrogens is 1. The van der Waals surface area contributed by atoms with Gasteiger partial charge in [0.1, 0.15) is 0 Å². The van der Waals surface area contributed by atoms with Crippen molar-refractivity contribution < 1.29 is 0 Å². The molecule has 2 rings (SSSR count). The Kier molecular flexibility index (Phi) is 2.28. The molecule has 0 aliphatic rings. The first-order valence-electron chi connectivity index (χ1n) is 3.46. The van der Waals surface area contributed by atoms with E-state index in [1.54, 1.807) is 12.1 Å². The van der Waals surface area contributed by atoms with E-state index in [9.17, 15) is 0 Å². The number of benzene rings is 1. The number of aromatic amines is 1. The maximum atomic E-state index is 5.79. The Morgan fingerprint density at radius 3 is 2.85 bits per heavy atom. The Labute approximate surface area is 87.4 Å². The lowest BCUT2D eigenvalue weighted by Gasteiger charge is -1.98. The van der Waals surface area contributed by atoms with Gasteiger partial charge in [-0.05, 0) is 44.6 Å². The quantitative estimate of drug-likeness (QED) is 0.855. The average molecular weight is 259 g/mol. The van der Waals surface area contributed by atoms with Gasteiger partial charge in [0.15, 0.2) is 5.82 Å². The molecule has 0 radical (unpaired) electrons. The van der Waals surface area contributed by atoms with Crippen LogP contribution in [0, 0.1) is 0 Å². The van der Waals surface area contributed by atoms with Crippen LogP contribution in [-0.2, 0) is 0 Å². The number of nitrogens with one attached hydrogen (secondary N) is 1. The van der Waals surface area contributed by atoms with Crippen LogP contribution in [0.5, 0.6) is 0 Å². The summed E-state index contributed by atoms with van der Waals surface area (Å²) in [6.07, 6.45) is 0. The third kappa shape index (κ3) is 1.71. The van der Waals surface area contributed by atoms with E-state index in [0.717, 1.165) is 10.0 Å². The van der Waals surface area contributed by atoms with E-state index in [1.807, 2.05) is 6.07 Å². The Hall–Kier alpha value is -0.940. The smallest absolute Gasteiger partial charge is 0.180 e. The molecule has 6 heteroatoms. The van der Waals surface area contributed by atoms with Crippen LogP contribution in [0.2, 0.25) is 5.02 Å². The number of rotatable bonds is 1. The number of aromatic nitrogens is 4. The molecule has 4 nitrogen and oxygen atoms in total. The van der Waals surface area contributed by atoms with Gasteiger partial charge >= 0.3 is 0 Å². The molecule has 2 aromatic rings. The highest BCUT2D eigenvalue weighted by atomic mass is 79.9. The van der Waals surface area contributed by atoms with Crippen molar-refractivity contribution in [3.05, 3.63) is 27.7 Å². The Morgan fingerprint density at radius 1 is 1.38 bits per heavy atom. The van der Waals surface area contributed by atoms with E-state index in [0.29, 0.717) is 10.8 Å². The zero-order valence-corrected chi connectivity index (χ0v) is 8.67. The van der Waals surface area contributed by atoms with Gasteiger partial charge in [0.25, 0.3) is 0 Å². The molecular formula is C7H4BrClN4. The van der Waals surface area contributed by atoms with Crippen molar-refractivity contribution in [3.8, 4) is 11.4 Å². The molecule has 1 N–H and O–H groups in total. The van der Waals surface area contributed by atoms with Crippen LogP contribution in [-0.4, -0.2) is 20.6 Å². The van der Waals surface area contributed by atoms with E-state index < -0.39 is 0 Å². The predicted octanol–water partition coefficient (Wildman–Crippen LogP) is 2.28. The van der Waals surface area contributed by atoms with E-state index in [1.165, 1.54) is 0 Å². The third-order valence-corrected chi connectivity index (χ3v) is 2.42. The normalized spacial score (nSPS) is 10.3. The molecule has 13 heavy (non-hydrogen) atoms. The minimum Gasteiger partial charge on any atom is -0.239 e. The van der Waals surface area contributed by atoms with Gasteiger partial charge in [0.05, 0.1) is 0 Å². The van der Waals surface area contributed by atoms with Crippen molar-refractivity contribution in [1.82, 2.24) is 20.6 Å². The van der Waals surface area contributed by atoms with Gasteiger partial charge in [0, 0.05) is 15.1 Å². The van der Waals surface area contributed by atoms with Gasteiger partial charge in [-0.15, -0.1) is 5.10 Å². The van der Waals surface area contributed by atoms with Crippen molar-refractivity contribution in [1.29, 1.82) is 0 Å². The summed E-state index contributed by atoms with van der Waals surface area (Å²) in [7, 11) is 0. The van der Waals surface area contributed by atoms with E-state index in [-0.39, 0.29) is 0 Å². The van der Waals surface area contributed by atoms with Crippen molar-refractivity contribution in [2.75, 3.05) is 0 Å². The second kappa shape index (κ2) is 3.43. The molecule has 0 fully saturated rings. The largest absolute Gasteiger partial charge is 0.239 e. The lowest BCUT2D eigenvalue weighted by Crippen LogP contribution is -1.82. The Morgan fingerprint density at radius 2 is 2.23 bits per heavy atom. The minimum absolute atomic E-state index is 0.614. The van der Waals surface area contributed by atoms with Gasteiger partial charge < -0.3 is 0 Å². The molecule has 0 amide bonds. The number of halogens is 2. The van der Waals surface area contributed by atoms with Crippen LogP contribution in [0.3, 0.4) is 0 Å². The van der Waals surface area contributed by atoms with Crippen molar-refractivity contribution in [3.63, 3.8) is 0 Å². The first-order valence-corrected chi connectivity index (χ1v) is 4.63. The van der Waals surface area contributed by atoms with E-state index in [4.69, 9.17) is 11.6 Å². The molecule has 0 unspecified atom stereocenters. The summed E-state index contributed by atoms with van der Waals surface area (Å²) in [4.78, 5) is 0. The summed E-state index contributed by atoms with van der Waals surface area (Å²) in [5, 5.41) is 14.1. The topological polar surface area (TPSA) is 54.5 Å². The number of nitrogens with zero attached hydrogens (tertiary/aromatic N) is 3. The molecule has 0 bridgehead atoms. The first kappa shape index (κ1) is 8.65. The molecule has 66 valence electrons. The van der Waals surface area contributed by atoms with Gasteiger partial charge in [-0.3, -0.25) is 0 Å². The second-order valence-corrected chi connectivity index (χ2v) is 3.66. The fourth-order valence-electron chi connectivity index (χ4n) is 0.955. The van der Waals surface area contributed by atoms with Crippen LogP contribution < -0.4 is 0 Å². The van der Waals surface area contributed by atoms with Crippen LogP contribution in [0.15, 0.2) is 22.7 Å². The Bertz CT molecular complexity index is 414.